The minimum absolute atomic E-state index is 0.422. The van der Waals surface area contributed by atoms with Gasteiger partial charge in [-0.25, -0.2) is 0 Å². The van der Waals surface area contributed by atoms with E-state index in [-0.39, 0.29) is 0 Å². The first-order valence-electron chi connectivity index (χ1n) is 8.20. The summed E-state index contributed by atoms with van der Waals surface area (Å²) in [6, 6.07) is 13.3. The molecule has 2 aromatic rings. The summed E-state index contributed by atoms with van der Waals surface area (Å²) >= 11 is 0. The van der Waals surface area contributed by atoms with E-state index < -0.39 is 0 Å². The van der Waals surface area contributed by atoms with Gasteiger partial charge < -0.3 is 19.7 Å². The largest absolute Gasteiger partial charge is 0.486 e. The van der Waals surface area contributed by atoms with Crippen LogP contribution in [-0.4, -0.2) is 25.8 Å². The molecule has 0 saturated heterocycles. The monoisotopic (exact) mass is 310 g/mol. The predicted octanol–water partition coefficient (Wildman–Crippen LogP) is 3.59. The fraction of sp³-hybridized carbons (Fsp3) is 0.368. The topological polar surface area (TPSA) is 33.7 Å². The minimum atomic E-state index is 0.422. The highest BCUT2D eigenvalue weighted by Gasteiger charge is 2.26. The highest BCUT2D eigenvalue weighted by molar-refractivity contribution is 5.77. The summed E-state index contributed by atoms with van der Waals surface area (Å²) in [4.78, 5) is 2.44. The fourth-order valence-corrected chi connectivity index (χ4v) is 3.31. The zero-order valence-corrected chi connectivity index (χ0v) is 13.6. The minimum Gasteiger partial charge on any atom is -0.486 e. The van der Waals surface area contributed by atoms with Gasteiger partial charge in [-0.1, -0.05) is 29.8 Å². The number of fused-ring (bicyclic) bond motifs is 2. The third kappa shape index (κ3) is 2.69. The summed E-state index contributed by atoms with van der Waals surface area (Å²) in [6.07, 6.45) is 0. The lowest BCUT2D eigenvalue weighted by atomic mass is 10.1. The molecular weight excluding hydrogens is 288 g/mol. The smallest absolute Gasteiger partial charge is 0.163 e. The third-order valence-electron chi connectivity index (χ3n) is 4.53. The lowest BCUT2D eigenvalue weighted by Crippen LogP contribution is -2.41. The molecule has 0 fully saturated rings. The Hall–Kier alpha value is -2.36. The summed E-state index contributed by atoms with van der Waals surface area (Å²) in [7, 11) is 0. The maximum absolute atomic E-state index is 5.76. The number of hydrogen-bond acceptors (Lipinski definition) is 4. The van der Waals surface area contributed by atoms with E-state index in [9.17, 15) is 0 Å². The zero-order chi connectivity index (χ0) is 15.8. The molecule has 2 aliphatic heterocycles. The van der Waals surface area contributed by atoms with Crippen molar-refractivity contribution in [2.24, 2.45) is 0 Å². The van der Waals surface area contributed by atoms with E-state index >= 15 is 0 Å². The molecule has 0 aliphatic carbocycles. The fourth-order valence-electron chi connectivity index (χ4n) is 3.31. The molecule has 1 N–H and O–H groups in total. The van der Waals surface area contributed by atoms with Crippen LogP contribution in [0.1, 0.15) is 18.1 Å². The summed E-state index contributed by atoms with van der Waals surface area (Å²) < 4.78 is 11.5. The van der Waals surface area contributed by atoms with Crippen LogP contribution in [0.25, 0.3) is 0 Å². The molecule has 0 radical (unpaired) electrons. The molecule has 2 aromatic carbocycles. The van der Waals surface area contributed by atoms with Gasteiger partial charge in [-0.05, 0) is 19.4 Å². The van der Waals surface area contributed by atoms with Gasteiger partial charge in [-0.2, -0.15) is 0 Å². The van der Waals surface area contributed by atoms with Crippen LogP contribution >= 0.6 is 0 Å². The Morgan fingerprint density at radius 3 is 2.70 bits per heavy atom. The summed E-state index contributed by atoms with van der Waals surface area (Å²) in [5.41, 5.74) is 4.95. The van der Waals surface area contributed by atoms with Crippen molar-refractivity contribution in [3.8, 4) is 11.5 Å². The molecule has 2 heterocycles. The molecule has 0 spiro atoms. The maximum Gasteiger partial charge on any atom is 0.163 e. The molecule has 0 bridgehead atoms. The summed E-state index contributed by atoms with van der Waals surface area (Å²) in [5.74, 6) is 1.69. The second kappa shape index (κ2) is 5.69. The van der Waals surface area contributed by atoms with Gasteiger partial charge >= 0.3 is 0 Å². The Morgan fingerprint density at radius 2 is 1.91 bits per heavy atom. The molecule has 2 aliphatic rings. The number of benzene rings is 2. The number of aryl methyl sites for hydroxylation is 1. The van der Waals surface area contributed by atoms with Crippen molar-refractivity contribution in [1.29, 1.82) is 0 Å². The summed E-state index contributed by atoms with van der Waals surface area (Å²) in [5, 5.41) is 3.51. The van der Waals surface area contributed by atoms with Crippen LogP contribution in [0.4, 0.5) is 11.4 Å². The number of ether oxygens (including phenoxy) is 2. The Kier molecular flexibility index (Phi) is 3.52. The van der Waals surface area contributed by atoms with Crippen molar-refractivity contribution < 1.29 is 9.47 Å². The van der Waals surface area contributed by atoms with Gasteiger partial charge in [-0.15, -0.1) is 0 Å². The Balaban J connectivity index is 1.70. The van der Waals surface area contributed by atoms with E-state index in [2.05, 4.69) is 60.5 Å². The SMILES string of the molecule is Cc1cccc(CN2c3cc4c(cc3NCC2C)OCCO4)c1. The van der Waals surface area contributed by atoms with E-state index in [0.717, 1.165) is 30.3 Å². The molecule has 4 heteroatoms. The number of rotatable bonds is 2. The second-order valence-corrected chi connectivity index (χ2v) is 6.36. The predicted molar refractivity (Wildman–Crippen MR) is 92.7 cm³/mol. The number of nitrogens with zero attached hydrogens (tertiary/aromatic N) is 1. The van der Waals surface area contributed by atoms with Gasteiger partial charge in [0, 0.05) is 31.3 Å². The van der Waals surface area contributed by atoms with Crippen LogP contribution in [0, 0.1) is 6.92 Å². The van der Waals surface area contributed by atoms with E-state index in [1.807, 2.05) is 0 Å². The number of nitrogens with one attached hydrogen (secondary N) is 1. The third-order valence-corrected chi connectivity index (χ3v) is 4.53. The first kappa shape index (κ1) is 14.2. The van der Waals surface area contributed by atoms with Gasteiger partial charge in [0.05, 0.1) is 11.4 Å². The molecule has 4 nitrogen and oxygen atoms in total. The lowest BCUT2D eigenvalue weighted by Gasteiger charge is -2.38. The van der Waals surface area contributed by atoms with Crippen LogP contribution in [0.15, 0.2) is 36.4 Å². The van der Waals surface area contributed by atoms with Gasteiger partial charge in [0.2, 0.25) is 0 Å². The van der Waals surface area contributed by atoms with Crippen LogP contribution in [0.5, 0.6) is 11.5 Å². The van der Waals surface area contributed by atoms with Crippen molar-refractivity contribution in [2.45, 2.75) is 26.4 Å². The molecular formula is C19H22N2O2. The Morgan fingerprint density at radius 1 is 1.13 bits per heavy atom. The molecule has 23 heavy (non-hydrogen) atoms. The van der Waals surface area contributed by atoms with Crippen LogP contribution < -0.4 is 19.7 Å². The Labute approximate surface area is 137 Å². The van der Waals surface area contributed by atoms with Crippen LogP contribution in [-0.2, 0) is 6.54 Å². The molecule has 0 saturated carbocycles. The quantitative estimate of drug-likeness (QED) is 0.919. The first-order valence-corrected chi connectivity index (χ1v) is 8.20. The first-order chi connectivity index (χ1) is 11.2. The molecule has 0 amide bonds. The van der Waals surface area contributed by atoms with Gasteiger partial charge in [0.1, 0.15) is 13.2 Å². The second-order valence-electron chi connectivity index (χ2n) is 6.36. The van der Waals surface area contributed by atoms with E-state index in [4.69, 9.17) is 9.47 Å². The van der Waals surface area contributed by atoms with E-state index in [1.165, 1.54) is 16.8 Å². The van der Waals surface area contributed by atoms with Crippen molar-refractivity contribution in [1.82, 2.24) is 0 Å². The van der Waals surface area contributed by atoms with Crippen LogP contribution in [0.2, 0.25) is 0 Å². The standard InChI is InChI=1S/C19H22N2O2/c1-13-4-3-5-15(8-13)12-21-14(2)11-20-16-9-18-19(10-17(16)21)23-7-6-22-18/h3-5,8-10,14,20H,6-7,11-12H2,1-2H3. The average molecular weight is 310 g/mol. The van der Waals surface area contributed by atoms with Crippen molar-refractivity contribution >= 4 is 11.4 Å². The van der Waals surface area contributed by atoms with Crippen molar-refractivity contribution in [3.63, 3.8) is 0 Å². The number of hydrogen-bond donors (Lipinski definition) is 1. The molecule has 0 aromatic heterocycles. The van der Waals surface area contributed by atoms with E-state index in [0.29, 0.717) is 19.3 Å². The van der Waals surface area contributed by atoms with Crippen molar-refractivity contribution in [3.05, 3.63) is 47.5 Å². The molecule has 1 unspecified atom stereocenters. The summed E-state index contributed by atoms with van der Waals surface area (Å²) in [6.45, 7) is 7.46. The molecule has 1 atom stereocenters. The lowest BCUT2D eigenvalue weighted by molar-refractivity contribution is 0.171. The highest BCUT2D eigenvalue weighted by Crippen LogP contribution is 2.42. The van der Waals surface area contributed by atoms with Crippen LogP contribution in [0.3, 0.4) is 0 Å². The van der Waals surface area contributed by atoms with E-state index in [1.54, 1.807) is 0 Å². The molecule has 120 valence electrons. The zero-order valence-electron chi connectivity index (χ0n) is 13.6. The average Bonchev–Trinajstić information content (AvgIpc) is 2.56. The molecule has 4 rings (SSSR count). The number of anilines is 2. The van der Waals surface area contributed by atoms with Crippen molar-refractivity contribution in [2.75, 3.05) is 30.0 Å². The van der Waals surface area contributed by atoms with Gasteiger partial charge in [0.15, 0.2) is 11.5 Å². The van der Waals surface area contributed by atoms with Gasteiger partial charge in [0.25, 0.3) is 0 Å². The highest BCUT2D eigenvalue weighted by atomic mass is 16.6. The Bertz CT molecular complexity index is 729. The van der Waals surface area contributed by atoms with Gasteiger partial charge in [-0.3, -0.25) is 0 Å². The normalized spacial score (nSPS) is 19.0. The maximum atomic E-state index is 5.76.